The average molecular weight is 368 g/mol. The van der Waals surface area contributed by atoms with Crippen LogP contribution in [0.15, 0.2) is 29.2 Å². The molecule has 0 unspecified atom stereocenters. The van der Waals surface area contributed by atoms with Gasteiger partial charge in [0.2, 0.25) is 0 Å². The molecule has 0 atom stereocenters. The fourth-order valence-corrected chi connectivity index (χ4v) is 3.33. The SMILES string of the molecule is Cc1cc(/C=C(\C#N)c2ncc3cc(O)c(=O)c(O)c-3s2)cc(O)c1O. The van der Waals surface area contributed by atoms with E-state index in [0.29, 0.717) is 16.7 Å². The van der Waals surface area contributed by atoms with Gasteiger partial charge in [-0.05, 0) is 42.3 Å². The summed E-state index contributed by atoms with van der Waals surface area (Å²) in [5.74, 6) is -1.74. The van der Waals surface area contributed by atoms with Gasteiger partial charge in [-0.3, -0.25) is 4.79 Å². The molecule has 1 aliphatic carbocycles. The van der Waals surface area contributed by atoms with Gasteiger partial charge in [-0.25, -0.2) is 4.98 Å². The number of aryl methyl sites for hydroxylation is 1. The van der Waals surface area contributed by atoms with Crippen LogP contribution in [-0.4, -0.2) is 25.4 Å². The van der Waals surface area contributed by atoms with Crippen molar-refractivity contribution in [1.82, 2.24) is 4.98 Å². The molecule has 1 aliphatic heterocycles. The van der Waals surface area contributed by atoms with E-state index in [-0.39, 0.29) is 27.0 Å². The summed E-state index contributed by atoms with van der Waals surface area (Å²) in [5.41, 5.74) is 0.522. The van der Waals surface area contributed by atoms with Crippen LogP contribution in [0.4, 0.5) is 0 Å². The Hall–Kier alpha value is -3.57. The van der Waals surface area contributed by atoms with Gasteiger partial charge < -0.3 is 20.4 Å². The van der Waals surface area contributed by atoms with Gasteiger partial charge in [0.05, 0.1) is 10.5 Å². The monoisotopic (exact) mass is 368 g/mol. The first-order chi connectivity index (χ1) is 12.3. The zero-order valence-corrected chi connectivity index (χ0v) is 14.2. The fraction of sp³-hybridized carbons (Fsp3) is 0.0556. The predicted molar refractivity (Wildman–Crippen MR) is 96.3 cm³/mol. The standard InChI is InChI=1S/C18H12N2O5S/c1-8-2-9(4-12(21)14(8)23)3-10(6-19)18-20-7-11-5-13(22)15(24)16(25)17(11)26-18/h2-5,7,21-23,25H,1H3/b10-3+. The van der Waals surface area contributed by atoms with Gasteiger partial charge in [0.15, 0.2) is 23.0 Å². The maximum atomic E-state index is 11.7. The van der Waals surface area contributed by atoms with Gasteiger partial charge in [-0.1, -0.05) is 0 Å². The number of hydrogen-bond donors (Lipinski definition) is 4. The molecule has 0 saturated heterocycles. The minimum atomic E-state index is -0.896. The number of nitriles is 1. The van der Waals surface area contributed by atoms with Crippen molar-refractivity contribution in [2.45, 2.75) is 6.92 Å². The smallest absolute Gasteiger partial charge is 0.263 e. The molecule has 1 heterocycles. The van der Waals surface area contributed by atoms with Gasteiger partial charge in [-0.2, -0.15) is 5.26 Å². The number of hydrogen-bond acceptors (Lipinski definition) is 8. The third-order valence-electron chi connectivity index (χ3n) is 3.70. The van der Waals surface area contributed by atoms with E-state index in [2.05, 4.69) is 4.98 Å². The Morgan fingerprint density at radius 1 is 1.15 bits per heavy atom. The van der Waals surface area contributed by atoms with Gasteiger partial charge >= 0.3 is 0 Å². The summed E-state index contributed by atoms with van der Waals surface area (Å²) in [4.78, 5) is 16.0. The third kappa shape index (κ3) is 2.92. The molecule has 3 rings (SSSR count). The number of rotatable bonds is 2. The molecule has 7 nitrogen and oxygen atoms in total. The second-order valence-electron chi connectivity index (χ2n) is 5.53. The van der Waals surface area contributed by atoms with E-state index >= 15 is 0 Å². The topological polar surface area (TPSA) is 135 Å². The highest BCUT2D eigenvalue weighted by atomic mass is 32.1. The van der Waals surface area contributed by atoms with Crippen LogP contribution >= 0.6 is 11.3 Å². The summed E-state index contributed by atoms with van der Waals surface area (Å²) >= 11 is 0.925. The summed E-state index contributed by atoms with van der Waals surface area (Å²) in [6.07, 6.45) is 2.80. The number of nitrogens with zero attached hydrogens (tertiary/aromatic N) is 2. The molecule has 1 aromatic rings. The average Bonchev–Trinajstić information content (AvgIpc) is 2.62. The number of benzene rings is 2. The van der Waals surface area contributed by atoms with E-state index in [1.807, 2.05) is 6.07 Å². The van der Waals surface area contributed by atoms with Crippen LogP contribution in [0.5, 0.6) is 23.0 Å². The van der Waals surface area contributed by atoms with E-state index in [1.165, 1.54) is 24.4 Å². The zero-order chi connectivity index (χ0) is 19.0. The number of aromatic hydroxyl groups is 4. The molecule has 2 aliphatic rings. The summed E-state index contributed by atoms with van der Waals surface area (Å²) < 4.78 is 0. The summed E-state index contributed by atoms with van der Waals surface area (Å²) in [7, 11) is 0. The first kappa shape index (κ1) is 17.3. The first-order valence-corrected chi connectivity index (χ1v) is 8.13. The van der Waals surface area contributed by atoms with Crippen LogP contribution in [0, 0.1) is 18.3 Å². The molecule has 4 N–H and O–H groups in total. The quantitative estimate of drug-likeness (QED) is 0.403. The van der Waals surface area contributed by atoms with Crippen molar-refractivity contribution >= 4 is 23.0 Å². The van der Waals surface area contributed by atoms with E-state index in [4.69, 9.17) is 0 Å². The van der Waals surface area contributed by atoms with Crippen LogP contribution in [-0.2, 0) is 0 Å². The number of fused-ring (bicyclic) bond motifs is 1. The molecule has 0 amide bonds. The molecule has 8 heteroatoms. The highest BCUT2D eigenvalue weighted by molar-refractivity contribution is 7.16. The first-order valence-electron chi connectivity index (χ1n) is 7.31. The largest absolute Gasteiger partial charge is 0.504 e. The van der Waals surface area contributed by atoms with E-state index < -0.39 is 16.9 Å². The number of allylic oxidation sites excluding steroid dienone is 1. The van der Waals surface area contributed by atoms with Crippen molar-refractivity contribution in [3.8, 4) is 39.5 Å². The number of aromatic nitrogens is 1. The van der Waals surface area contributed by atoms with E-state index in [0.717, 1.165) is 11.3 Å². The Bertz CT molecular complexity index is 1100. The normalized spacial score (nSPS) is 11.5. The van der Waals surface area contributed by atoms with Crippen LogP contribution < -0.4 is 5.43 Å². The Labute approximate surface area is 151 Å². The Morgan fingerprint density at radius 2 is 1.88 bits per heavy atom. The Balaban J connectivity index is 2.17. The fourth-order valence-electron chi connectivity index (χ4n) is 2.40. The maximum Gasteiger partial charge on any atom is 0.263 e. The summed E-state index contributed by atoms with van der Waals surface area (Å²) in [6, 6.07) is 6.07. The molecule has 0 bridgehead atoms. The second-order valence-corrected chi connectivity index (χ2v) is 6.53. The van der Waals surface area contributed by atoms with Crippen molar-refractivity contribution < 1.29 is 20.4 Å². The zero-order valence-electron chi connectivity index (χ0n) is 13.4. The second kappa shape index (κ2) is 6.38. The Morgan fingerprint density at radius 3 is 2.54 bits per heavy atom. The summed E-state index contributed by atoms with van der Waals surface area (Å²) in [5, 5.41) is 48.5. The molecule has 130 valence electrons. The molecule has 0 fully saturated rings. The van der Waals surface area contributed by atoms with Crippen LogP contribution in [0.1, 0.15) is 16.1 Å². The molecule has 0 spiro atoms. The molecule has 1 aromatic carbocycles. The van der Waals surface area contributed by atoms with Crippen molar-refractivity contribution in [3.05, 3.63) is 50.8 Å². The van der Waals surface area contributed by atoms with Gasteiger partial charge in [0.1, 0.15) is 11.1 Å². The lowest BCUT2D eigenvalue weighted by molar-refractivity contribution is 0.401. The summed E-state index contributed by atoms with van der Waals surface area (Å²) in [6.45, 7) is 1.61. The lowest BCUT2D eigenvalue weighted by atomic mass is 10.1. The minimum absolute atomic E-state index is 0.140. The maximum absolute atomic E-state index is 11.7. The van der Waals surface area contributed by atoms with E-state index in [1.54, 1.807) is 13.0 Å². The molecule has 0 radical (unpaired) electrons. The molecule has 0 saturated carbocycles. The molecule has 26 heavy (non-hydrogen) atoms. The molecule has 0 aromatic heterocycles. The number of phenols is 4. The highest BCUT2D eigenvalue weighted by Gasteiger charge is 2.18. The van der Waals surface area contributed by atoms with Crippen LogP contribution in [0.3, 0.4) is 0 Å². The van der Waals surface area contributed by atoms with Crippen molar-refractivity contribution in [3.63, 3.8) is 0 Å². The molecular formula is C18H12N2O5S. The number of phenolic OH excluding ortho intramolecular Hbond substituents is 4. The van der Waals surface area contributed by atoms with Crippen LogP contribution in [0.2, 0.25) is 0 Å². The van der Waals surface area contributed by atoms with Crippen LogP contribution in [0.25, 0.3) is 22.1 Å². The minimum Gasteiger partial charge on any atom is -0.504 e. The van der Waals surface area contributed by atoms with E-state index in [9.17, 15) is 30.5 Å². The van der Waals surface area contributed by atoms with Gasteiger partial charge in [0.25, 0.3) is 5.43 Å². The predicted octanol–water partition coefficient (Wildman–Crippen LogP) is 2.80. The van der Waals surface area contributed by atoms with Crippen molar-refractivity contribution in [1.29, 1.82) is 5.26 Å². The van der Waals surface area contributed by atoms with Crippen molar-refractivity contribution in [2.24, 2.45) is 0 Å². The van der Waals surface area contributed by atoms with Crippen molar-refractivity contribution in [2.75, 3.05) is 0 Å². The lowest BCUT2D eigenvalue weighted by Gasteiger charge is -2.08. The lowest BCUT2D eigenvalue weighted by Crippen LogP contribution is -2.02. The van der Waals surface area contributed by atoms with Gasteiger partial charge in [-0.15, -0.1) is 11.3 Å². The third-order valence-corrected chi connectivity index (χ3v) is 4.85. The highest BCUT2D eigenvalue weighted by Crippen LogP contribution is 2.37. The van der Waals surface area contributed by atoms with Gasteiger partial charge in [0, 0.05) is 11.8 Å². The molecular weight excluding hydrogens is 356 g/mol. The Kier molecular flexibility index (Phi) is 4.24.